The molecule has 108 valence electrons. The van der Waals surface area contributed by atoms with Crippen molar-refractivity contribution in [3.8, 4) is 0 Å². The van der Waals surface area contributed by atoms with Crippen LogP contribution in [0.4, 0.5) is 0 Å². The quantitative estimate of drug-likeness (QED) is 0.828. The highest BCUT2D eigenvalue weighted by atomic mass is 16.1. The van der Waals surface area contributed by atoms with Crippen LogP contribution in [0.1, 0.15) is 25.0 Å². The number of hydrogen-bond acceptors (Lipinski definition) is 1. The summed E-state index contributed by atoms with van der Waals surface area (Å²) in [6.45, 7) is 3.87. The fourth-order valence-electron chi connectivity index (χ4n) is 2.22. The molecule has 2 aromatic carbocycles. The molecule has 21 heavy (non-hydrogen) atoms. The van der Waals surface area contributed by atoms with Crippen molar-refractivity contribution in [1.29, 1.82) is 0 Å². The summed E-state index contributed by atoms with van der Waals surface area (Å²) < 4.78 is 0. The highest BCUT2D eigenvalue weighted by molar-refractivity contribution is 5.97. The van der Waals surface area contributed by atoms with Crippen molar-refractivity contribution in [1.82, 2.24) is 5.32 Å². The molecule has 0 fully saturated rings. The molecule has 0 aromatic heterocycles. The van der Waals surface area contributed by atoms with E-state index in [1.165, 1.54) is 5.56 Å². The van der Waals surface area contributed by atoms with E-state index in [1.54, 1.807) is 0 Å². The van der Waals surface area contributed by atoms with Gasteiger partial charge in [-0.15, -0.1) is 0 Å². The fraction of sp³-hybridized carbons (Fsp3) is 0.211. The topological polar surface area (TPSA) is 29.1 Å². The van der Waals surface area contributed by atoms with Gasteiger partial charge in [0.1, 0.15) is 0 Å². The molecule has 1 N–H and O–H groups in total. The first-order chi connectivity index (χ1) is 10.1. The van der Waals surface area contributed by atoms with E-state index in [4.69, 9.17) is 0 Å². The van der Waals surface area contributed by atoms with Crippen LogP contribution in [0.3, 0.4) is 0 Å². The zero-order valence-electron chi connectivity index (χ0n) is 12.5. The largest absolute Gasteiger partial charge is 0.350 e. The highest BCUT2D eigenvalue weighted by Gasteiger charge is 2.09. The third-order valence-electron chi connectivity index (χ3n) is 3.30. The molecule has 0 saturated carbocycles. The molecule has 2 heteroatoms. The van der Waals surface area contributed by atoms with Crippen LogP contribution in [0.15, 0.2) is 66.2 Å². The van der Waals surface area contributed by atoms with Gasteiger partial charge in [-0.2, -0.15) is 0 Å². The Balaban J connectivity index is 1.93. The first-order valence-corrected chi connectivity index (χ1v) is 7.23. The van der Waals surface area contributed by atoms with Crippen LogP contribution in [-0.4, -0.2) is 11.9 Å². The van der Waals surface area contributed by atoms with Gasteiger partial charge in [0.2, 0.25) is 5.91 Å². The van der Waals surface area contributed by atoms with Gasteiger partial charge in [-0.3, -0.25) is 4.79 Å². The molecule has 2 aromatic rings. The van der Waals surface area contributed by atoms with Gasteiger partial charge in [-0.1, -0.05) is 60.7 Å². The van der Waals surface area contributed by atoms with Crippen LogP contribution >= 0.6 is 0 Å². The lowest BCUT2D eigenvalue weighted by Crippen LogP contribution is -2.34. The summed E-state index contributed by atoms with van der Waals surface area (Å²) in [6, 6.07) is 20.2. The second-order valence-corrected chi connectivity index (χ2v) is 5.30. The molecule has 0 aliphatic rings. The Labute approximate surface area is 126 Å². The molecule has 0 heterocycles. The monoisotopic (exact) mass is 279 g/mol. The predicted molar refractivity (Wildman–Crippen MR) is 87.8 cm³/mol. The van der Waals surface area contributed by atoms with Crippen LogP contribution in [0, 0.1) is 0 Å². The van der Waals surface area contributed by atoms with Crippen molar-refractivity contribution in [2.24, 2.45) is 0 Å². The van der Waals surface area contributed by atoms with Crippen molar-refractivity contribution in [3.05, 3.63) is 77.4 Å². The van der Waals surface area contributed by atoms with E-state index < -0.39 is 0 Å². The molecule has 2 rings (SSSR count). The Bertz CT molecular complexity index is 602. The van der Waals surface area contributed by atoms with Crippen molar-refractivity contribution in [2.75, 3.05) is 0 Å². The van der Waals surface area contributed by atoms with Crippen LogP contribution in [0.2, 0.25) is 0 Å². The van der Waals surface area contributed by atoms with Gasteiger partial charge in [-0.05, 0) is 37.5 Å². The Morgan fingerprint density at radius 2 is 1.62 bits per heavy atom. The maximum Gasteiger partial charge on any atom is 0.247 e. The van der Waals surface area contributed by atoms with E-state index in [2.05, 4.69) is 17.4 Å². The second kappa shape index (κ2) is 7.44. The van der Waals surface area contributed by atoms with Crippen LogP contribution < -0.4 is 5.32 Å². The minimum absolute atomic E-state index is 0.0118. The lowest BCUT2D eigenvalue weighted by Gasteiger charge is -2.14. The van der Waals surface area contributed by atoms with Gasteiger partial charge >= 0.3 is 0 Å². The highest BCUT2D eigenvalue weighted by Crippen LogP contribution is 2.07. The molecule has 0 aliphatic carbocycles. The molecule has 0 aliphatic heterocycles. The minimum Gasteiger partial charge on any atom is -0.350 e. The van der Waals surface area contributed by atoms with Crippen LogP contribution in [0.25, 0.3) is 6.08 Å². The zero-order chi connectivity index (χ0) is 15.1. The average Bonchev–Trinajstić information content (AvgIpc) is 2.49. The van der Waals surface area contributed by atoms with Crippen molar-refractivity contribution in [2.45, 2.75) is 26.3 Å². The predicted octanol–water partition coefficient (Wildman–Crippen LogP) is 3.84. The number of hydrogen-bond donors (Lipinski definition) is 1. The second-order valence-electron chi connectivity index (χ2n) is 5.30. The van der Waals surface area contributed by atoms with E-state index in [-0.39, 0.29) is 11.9 Å². The summed E-state index contributed by atoms with van der Waals surface area (Å²) in [5, 5.41) is 3.04. The lowest BCUT2D eigenvalue weighted by molar-refractivity contribution is -0.117. The van der Waals surface area contributed by atoms with E-state index >= 15 is 0 Å². The summed E-state index contributed by atoms with van der Waals surface area (Å²) in [5.74, 6) is -0.0118. The number of amides is 1. The van der Waals surface area contributed by atoms with Crippen LogP contribution in [-0.2, 0) is 11.2 Å². The van der Waals surface area contributed by atoms with Gasteiger partial charge in [0.15, 0.2) is 0 Å². The molecular weight excluding hydrogens is 258 g/mol. The molecule has 2 nitrogen and oxygen atoms in total. The Morgan fingerprint density at radius 1 is 1.05 bits per heavy atom. The number of rotatable bonds is 5. The normalized spacial score (nSPS) is 12.8. The van der Waals surface area contributed by atoms with Gasteiger partial charge in [-0.25, -0.2) is 0 Å². The van der Waals surface area contributed by atoms with Gasteiger partial charge in [0.05, 0.1) is 0 Å². The van der Waals surface area contributed by atoms with Gasteiger partial charge in [0.25, 0.3) is 0 Å². The van der Waals surface area contributed by atoms with E-state index in [0.29, 0.717) is 0 Å². The Morgan fingerprint density at radius 3 is 2.24 bits per heavy atom. The zero-order valence-corrected chi connectivity index (χ0v) is 12.5. The molecule has 1 unspecified atom stereocenters. The van der Waals surface area contributed by atoms with E-state index in [9.17, 15) is 4.79 Å². The minimum atomic E-state index is -0.0118. The van der Waals surface area contributed by atoms with Crippen molar-refractivity contribution < 1.29 is 4.79 Å². The van der Waals surface area contributed by atoms with E-state index in [1.807, 2.05) is 68.5 Å². The molecule has 1 atom stereocenters. The van der Waals surface area contributed by atoms with Gasteiger partial charge < -0.3 is 5.32 Å². The Kier molecular flexibility index (Phi) is 5.33. The summed E-state index contributed by atoms with van der Waals surface area (Å²) in [4.78, 5) is 12.2. The summed E-state index contributed by atoms with van der Waals surface area (Å²) in [7, 11) is 0. The number of carbonyl (C=O) groups excluding carboxylic acids is 1. The number of nitrogens with one attached hydrogen (secondary N) is 1. The molecule has 0 radical (unpaired) electrons. The third-order valence-corrected chi connectivity index (χ3v) is 3.30. The fourth-order valence-corrected chi connectivity index (χ4v) is 2.22. The summed E-state index contributed by atoms with van der Waals surface area (Å²) >= 11 is 0. The standard InChI is InChI=1S/C19H21NO/c1-15(13-17-9-5-3-6-10-17)19(21)20-16(2)14-18-11-7-4-8-12-18/h3-13,16H,14H2,1-2H3,(H,20,21). The summed E-state index contributed by atoms with van der Waals surface area (Å²) in [6.07, 6.45) is 2.75. The molecule has 0 saturated heterocycles. The number of carbonyl (C=O) groups is 1. The molecule has 1 amide bonds. The lowest BCUT2D eigenvalue weighted by atomic mass is 10.1. The molecule has 0 bridgehead atoms. The van der Waals surface area contributed by atoms with Crippen LogP contribution in [0.5, 0.6) is 0 Å². The number of benzene rings is 2. The first-order valence-electron chi connectivity index (χ1n) is 7.23. The average molecular weight is 279 g/mol. The van der Waals surface area contributed by atoms with Crippen molar-refractivity contribution >= 4 is 12.0 Å². The van der Waals surface area contributed by atoms with E-state index in [0.717, 1.165) is 17.6 Å². The SMILES string of the molecule is CC(=Cc1ccccc1)C(=O)NC(C)Cc1ccccc1. The van der Waals surface area contributed by atoms with Crippen molar-refractivity contribution in [3.63, 3.8) is 0 Å². The smallest absolute Gasteiger partial charge is 0.247 e. The summed E-state index contributed by atoms with van der Waals surface area (Å²) in [5.41, 5.74) is 3.00. The van der Waals surface area contributed by atoms with Gasteiger partial charge in [0, 0.05) is 11.6 Å². The maximum absolute atomic E-state index is 12.2. The first kappa shape index (κ1) is 15.0. The maximum atomic E-state index is 12.2. The molecule has 0 spiro atoms. The third kappa shape index (κ3) is 4.92. The molecular formula is C19H21NO. The Hall–Kier alpha value is -2.35.